The molecule has 3 heteroatoms. The average molecular weight is 261 g/mol. The molecule has 0 radical (unpaired) electrons. The molecule has 3 nitrogen and oxygen atoms in total. The Hall–Kier alpha value is -1.51. The number of hydrogen-bond acceptors (Lipinski definition) is 3. The van der Waals surface area contributed by atoms with Gasteiger partial charge in [-0.05, 0) is 61.8 Å². The Morgan fingerprint density at radius 3 is 2.42 bits per heavy atom. The Morgan fingerprint density at radius 2 is 1.84 bits per heavy atom. The van der Waals surface area contributed by atoms with Gasteiger partial charge in [0, 0.05) is 5.69 Å². The number of anilines is 1. The molecule has 104 valence electrons. The van der Waals surface area contributed by atoms with Crippen molar-refractivity contribution in [1.29, 1.82) is 0 Å². The van der Waals surface area contributed by atoms with E-state index in [0.717, 1.165) is 18.4 Å². The van der Waals surface area contributed by atoms with Crippen molar-refractivity contribution in [1.82, 2.24) is 0 Å². The number of rotatable bonds is 2. The van der Waals surface area contributed by atoms with Gasteiger partial charge in [0.15, 0.2) is 0 Å². The molecule has 1 aliphatic rings. The first kappa shape index (κ1) is 13.9. The molecule has 2 N–H and O–H groups in total. The summed E-state index contributed by atoms with van der Waals surface area (Å²) >= 11 is 0. The van der Waals surface area contributed by atoms with Gasteiger partial charge >= 0.3 is 5.97 Å². The third kappa shape index (κ3) is 3.49. The van der Waals surface area contributed by atoms with Gasteiger partial charge in [0.25, 0.3) is 0 Å². The van der Waals surface area contributed by atoms with Gasteiger partial charge in [0.2, 0.25) is 0 Å². The Kier molecular flexibility index (Phi) is 4.13. The molecule has 1 aliphatic carbocycles. The van der Waals surface area contributed by atoms with Crippen LogP contribution in [0.25, 0.3) is 0 Å². The molecule has 1 aromatic rings. The van der Waals surface area contributed by atoms with Crippen molar-refractivity contribution >= 4 is 11.7 Å². The largest absolute Gasteiger partial charge is 0.459 e. The van der Waals surface area contributed by atoms with E-state index in [4.69, 9.17) is 10.5 Å². The molecule has 0 amide bonds. The summed E-state index contributed by atoms with van der Waals surface area (Å²) in [4.78, 5) is 12.1. The summed E-state index contributed by atoms with van der Waals surface area (Å²) in [5, 5.41) is 0. The summed E-state index contributed by atoms with van der Waals surface area (Å²) in [6, 6.07) is 5.30. The van der Waals surface area contributed by atoms with Crippen LogP contribution < -0.4 is 5.73 Å². The van der Waals surface area contributed by atoms with E-state index in [1.54, 1.807) is 18.2 Å². The van der Waals surface area contributed by atoms with E-state index >= 15 is 0 Å². The van der Waals surface area contributed by atoms with Gasteiger partial charge in [0.1, 0.15) is 6.10 Å². The quantitative estimate of drug-likeness (QED) is 0.654. The monoisotopic (exact) mass is 261 g/mol. The van der Waals surface area contributed by atoms with Gasteiger partial charge in [-0.1, -0.05) is 13.8 Å². The number of nitrogen functional groups attached to an aromatic ring is 1. The highest BCUT2D eigenvalue weighted by molar-refractivity contribution is 5.90. The first-order valence-electron chi connectivity index (χ1n) is 7.02. The van der Waals surface area contributed by atoms with E-state index in [-0.39, 0.29) is 12.1 Å². The van der Waals surface area contributed by atoms with Gasteiger partial charge in [-0.25, -0.2) is 4.79 Å². The second-order valence-corrected chi connectivity index (χ2v) is 6.02. The van der Waals surface area contributed by atoms with Crippen molar-refractivity contribution < 1.29 is 9.53 Å². The normalized spacial score (nSPS) is 27.0. The van der Waals surface area contributed by atoms with Crippen LogP contribution in [0.15, 0.2) is 18.2 Å². The third-order valence-corrected chi connectivity index (χ3v) is 3.91. The molecule has 0 bridgehead atoms. The summed E-state index contributed by atoms with van der Waals surface area (Å²) in [6.45, 7) is 6.35. The molecular weight excluding hydrogens is 238 g/mol. The SMILES string of the molecule is Cc1cc(C(=O)OC2CC(C)CC(C)C2)ccc1N. The van der Waals surface area contributed by atoms with Crippen LogP contribution in [0.5, 0.6) is 0 Å². The maximum Gasteiger partial charge on any atom is 0.338 e. The predicted octanol–water partition coefficient (Wildman–Crippen LogP) is 3.56. The number of ether oxygens (including phenoxy) is 1. The summed E-state index contributed by atoms with van der Waals surface area (Å²) in [6.07, 6.45) is 3.24. The van der Waals surface area contributed by atoms with Gasteiger partial charge < -0.3 is 10.5 Å². The first-order valence-corrected chi connectivity index (χ1v) is 7.02. The number of carbonyl (C=O) groups is 1. The lowest BCUT2D eigenvalue weighted by Crippen LogP contribution is -2.28. The fraction of sp³-hybridized carbons (Fsp3) is 0.562. The van der Waals surface area contributed by atoms with Crippen LogP contribution in [0.4, 0.5) is 5.69 Å². The molecule has 1 fully saturated rings. The minimum Gasteiger partial charge on any atom is -0.459 e. The van der Waals surface area contributed by atoms with Crippen molar-refractivity contribution in [2.45, 2.75) is 46.1 Å². The smallest absolute Gasteiger partial charge is 0.338 e. The van der Waals surface area contributed by atoms with Gasteiger partial charge in [-0.3, -0.25) is 0 Å². The second-order valence-electron chi connectivity index (χ2n) is 6.02. The highest BCUT2D eigenvalue weighted by Gasteiger charge is 2.27. The van der Waals surface area contributed by atoms with Crippen LogP contribution >= 0.6 is 0 Å². The molecule has 1 saturated carbocycles. The van der Waals surface area contributed by atoms with E-state index in [1.165, 1.54) is 6.42 Å². The highest BCUT2D eigenvalue weighted by atomic mass is 16.5. The molecule has 0 aromatic heterocycles. The van der Waals surface area contributed by atoms with E-state index < -0.39 is 0 Å². The standard InChI is InChI=1S/C16H23NO2/c1-10-6-11(2)8-14(7-10)19-16(18)13-4-5-15(17)12(3)9-13/h4-5,9-11,14H,6-8,17H2,1-3H3. The number of esters is 1. The maximum absolute atomic E-state index is 12.1. The van der Waals surface area contributed by atoms with Crippen LogP contribution in [0.1, 0.15) is 49.0 Å². The van der Waals surface area contributed by atoms with Crippen molar-refractivity contribution in [2.24, 2.45) is 11.8 Å². The Bertz CT molecular complexity index is 460. The first-order chi connectivity index (χ1) is 8.95. The molecule has 19 heavy (non-hydrogen) atoms. The lowest BCUT2D eigenvalue weighted by molar-refractivity contribution is 0.00805. The second kappa shape index (κ2) is 5.64. The molecule has 2 unspecified atom stereocenters. The van der Waals surface area contributed by atoms with Gasteiger partial charge in [0.05, 0.1) is 5.56 Å². The Labute approximate surface area is 115 Å². The Morgan fingerprint density at radius 1 is 1.21 bits per heavy atom. The average Bonchev–Trinajstić information content (AvgIpc) is 2.31. The van der Waals surface area contributed by atoms with E-state index in [9.17, 15) is 4.79 Å². The van der Waals surface area contributed by atoms with Crippen molar-refractivity contribution in [2.75, 3.05) is 5.73 Å². The van der Waals surface area contributed by atoms with E-state index in [0.29, 0.717) is 23.1 Å². The van der Waals surface area contributed by atoms with Crippen LogP contribution in [-0.2, 0) is 4.74 Å². The number of benzene rings is 1. The third-order valence-electron chi connectivity index (χ3n) is 3.91. The molecular formula is C16H23NO2. The maximum atomic E-state index is 12.1. The molecule has 2 atom stereocenters. The van der Waals surface area contributed by atoms with Crippen LogP contribution in [0, 0.1) is 18.8 Å². The van der Waals surface area contributed by atoms with Crippen molar-refractivity contribution in [3.63, 3.8) is 0 Å². The predicted molar refractivity (Wildman–Crippen MR) is 77.0 cm³/mol. The van der Waals surface area contributed by atoms with Crippen LogP contribution in [-0.4, -0.2) is 12.1 Å². The number of nitrogens with two attached hydrogens (primary N) is 1. The minimum atomic E-state index is -0.227. The number of hydrogen-bond donors (Lipinski definition) is 1. The van der Waals surface area contributed by atoms with Crippen molar-refractivity contribution in [3.8, 4) is 0 Å². The molecule has 1 aromatic carbocycles. The lowest BCUT2D eigenvalue weighted by Gasteiger charge is -2.31. The fourth-order valence-corrected chi connectivity index (χ4v) is 2.99. The van der Waals surface area contributed by atoms with E-state index in [2.05, 4.69) is 13.8 Å². The van der Waals surface area contributed by atoms with Crippen LogP contribution in [0.3, 0.4) is 0 Å². The summed E-state index contributed by atoms with van der Waals surface area (Å²) in [5.74, 6) is 1.04. The minimum absolute atomic E-state index is 0.0594. The number of carbonyl (C=O) groups excluding carboxylic acids is 1. The summed E-state index contributed by atoms with van der Waals surface area (Å²) in [7, 11) is 0. The molecule has 2 rings (SSSR count). The lowest BCUT2D eigenvalue weighted by atomic mass is 9.82. The Balaban J connectivity index is 2.02. The zero-order valence-corrected chi connectivity index (χ0v) is 12.0. The molecule has 0 saturated heterocycles. The molecule has 0 aliphatic heterocycles. The zero-order valence-electron chi connectivity index (χ0n) is 12.0. The van der Waals surface area contributed by atoms with Crippen LogP contribution in [0.2, 0.25) is 0 Å². The molecule has 0 heterocycles. The van der Waals surface area contributed by atoms with Gasteiger partial charge in [-0.15, -0.1) is 0 Å². The topological polar surface area (TPSA) is 52.3 Å². The molecule has 0 spiro atoms. The van der Waals surface area contributed by atoms with Crippen molar-refractivity contribution in [3.05, 3.63) is 29.3 Å². The fourth-order valence-electron chi connectivity index (χ4n) is 2.99. The highest BCUT2D eigenvalue weighted by Crippen LogP contribution is 2.30. The zero-order chi connectivity index (χ0) is 14.0. The number of aryl methyl sites for hydroxylation is 1. The summed E-state index contributed by atoms with van der Waals surface area (Å²) in [5.41, 5.74) is 7.97. The van der Waals surface area contributed by atoms with E-state index in [1.807, 2.05) is 6.92 Å². The summed E-state index contributed by atoms with van der Waals surface area (Å²) < 4.78 is 5.63. The van der Waals surface area contributed by atoms with Gasteiger partial charge in [-0.2, -0.15) is 0 Å².